The number of phenols is 1. The van der Waals surface area contributed by atoms with Crippen LogP contribution in [0, 0.1) is 0 Å². The van der Waals surface area contributed by atoms with E-state index in [0.29, 0.717) is 5.69 Å². The van der Waals surface area contributed by atoms with Crippen LogP contribution in [0.3, 0.4) is 0 Å². The second kappa shape index (κ2) is 3.78. The molecule has 0 spiro atoms. The van der Waals surface area contributed by atoms with Crippen LogP contribution in [0.4, 0.5) is 5.69 Å². The molecular weight excluding hydrogens is 154 g/mol. The van der Waals surface area contributed by atoms with Gasteiger partial charge in [-0.15, -0.1) is 0 Å². The van der Waals surface area contributed by atoms with E-state index in [1.807, 2.05) is 0 Å². The van der Waals surface area contributed by atoms with Crippen molar-refractivity contribution in [1.82, 2.24) is 0 Å². The molecule has 3 heteroatoms. The minimum Gasteiger partial charge on any atom is -0.506 e. The van der Waals surface area contributed by atoms with Crippen LogP contribution in [0.2, 0.25) is 0 Å². The van der Waals surface area contributed by atoms with Crippen LogP contribution in [-0.2, 0) is 0 Å². The number of aliphatic hydroxyl groups is 1. The van der Waals surface area contributed by atoms with Crippen LogP contribution in [0.5, 0.6) is 5.75 Å². The van der Waals surface area contributed by atoms with E-state index in [9.17, 15) is 0 Å². The Bertz CT molecular complexity index is 295. The lowest BCUT2D eigenvalue weighted by Crippen LogP contribution is -1.85. The summed E-state index contributed by atoms with van der Waals surface area (Å²) in [5.41, 5.74) is 6.65. The van der Waals surface area contributed by atoms with Crippen LogP contribution in [-0.4, -0.2) is 16.8 Å². The molecule has 0 fully saturated rings. The van der Waals surface area contributed by atoms with Gasteiger partial charge in [0.05, 0.1) is 12.3 Å². The van der Waals surface area contributed by atoms with Gasteiger partial charge in [-0.1, -0.05) is 18.2 Å². The predicted octanol–water partition coefficient (Wildman–Crippen LogP) is 0.980. The highest BCUT2D eigenvalue weighted by atomic mass is 16.3. The van der Waals surface area contributed by atoms with Gasteiger partial charge in [0.2, 0.25) is 0 Å². The topological polar surface area (TPSA) is 66.5 Å². The molecule has 1 aromatic rings. The molecule has 0 aliphatic carbocycles. The quantitative estimate of drug-likeness (QED) is 0.452. The number of nitrogen functional groups attached to an aromatic ring is 1. The highest BCUT2D eigenvalue weighted by molar-refractivity contribution is 5.61. The van der Waals surface area contributed by atoms with Crippen LogP contribution in [0.1, 0.15) is 5.56 Å². The molecule has 0 amide bonds. The van der Waals surface area contributed by atoms with E-state index in [1.165, 1.54) is 6.07 Å². The Morgan fingerprint density at radius 3 is 2.75 bits per heavy atom. The number of aliphatic hydroxyl groups excluding tert-OH is 1. The van der Waals surface area contributed by atoms with Crippen molar-refractivity contribution in [2.24, 2.45) is 0 Å². The van der Waals surface area contributed by atoms with E-state index in [-0.39, 0.29) is 12.4 Å². The van der Waals surface area contributed by atoms with Gasteiger partial charge < -0.3 is 15.9 Å². The molecule has 1 rings (SSSR count). The standard InChI is InChI=1S/C9H11NO2/c10-8-6-7(2-1-5-11)3-4-9(8)12/h1-4,6,11-12H,5,10H2/b2-1+. The van der Waals surface area contributed by atoms with Crippen molar-refractivity contribution in [1.29, 1.82) is 0 Å². The summed E-state index contributed by atoms with van der Waals surface area (Å²) in [6, 6.07) is 4.88. The number of rotatable bonds is 2. The Hall–Kier alpha value is -1.48. The first-order valence-electron chi connectivity index (χ1n) is 3.60. The zero-order chi connectivity index (χ0) is 8.97. The summed E-state index contributed by atoms with van der Waals surface area (Å²) < 4.78 is 0. The van der Waals surface area contributed by atoms with Crippen molar-refractivity contribution >= 4 is 11.8 Å². The summed E-state index contributed by atoms with van der Waals surface area (Å²) in [6.45, 7) is 0.000775. The number of hydrogen-bond acceptors (Lipinski definition) is 3. The Kier molecular flexibility index (Phi) is 2.71. The van der Waals surface area contributed by atoms with Gasteiger partial charge in [0.1, 0.15) is 5.75 Å². The fraction of sp³-hybridized carbons (Fsp3) is 0.111. The largest absolute Gasteiger partial charge is 0.506 e. The van der Waals surface area contributed by atoms with E-state index in [4.69, 9.17) is 15.9 Å². The number of phenolic OH excluding ortho intramolecular Hbond substituents is 1. The van der Waals surface area contributed by atoms with Crippen molar-refractivity contribution in [2.75, 3.05) is 12.3 Å². The molecule has 0 aliphatic heterocycles. The SMILES string of the molecule is Nc1cc(/C=C/CO)ccc1O. The second-order valence-electron chi connectivity index (χ2n) is 2.40. The second-order valence-corrected chi connectivity index (χ2v) is 2.40. The lowest BCUT2D eigenvalue weighted by molar-refractivity contribution is 0.343. The van der Waals surface area contributed by atoms with Gasteiger partial charge in [-0.25, -0.2) is 0 Å². The van der Waals surface area contributed by atoms with Gasteiger partial charge in [0.25, 0.3) is 0 Å². The zero-order valence-electron chi connectivity index (χ0n) is 6.57. The highest BCUT2D eigenvalue weighted by Crippen LogP contribution is 2.20. The third-order valence-electron chi connectivity index (χ3n) is 1.47. The number of hydrogen-bond donors (Lipinski definition) is 3. The number of aromatic hydroxyl groups is 1. The van der Waals surface area contributed by atoms with Crippen LogP contribution < -0.4 is 5.73 Å². The zero-order valence-corrected chi connectivity index (χ0v) is 6.57. The first-order valence-corrected chi connectivity index (χ1v) is 3.60. The summed E-state index contributed by atoms with van der Waals surface area (Å²) in [5, 5.41) is 17.6. The van der Waals surface area contributed by atoms with Gasteiger partial charge in [0, 0.05) is 0 Å². The van der Waals surface area contributed by atoms with E-state index in [1.54, 1.807) is 24.3 Å². The van der Waals surface area contributed by atoms with E-state index in [0.717, 1.165) is 5.56 Å². The fourth-order valence-corrected chi connectivity index (χ4v) is 0.865. The average molecular weight is 165 g/mol. The Morgan fingerprint density at radius 2 is 2.17 bits per heavy atom. The maximum atomic E-state index is 9.07. The lowest BCUT2D eigenvalue weighted by atomic mass is 10.2. The molecule has 0 aliphatic rings. The molecule has 0 unspecified atom stereocenters. The summed E-state index contributed by atoms with van der Waals surface area (Å²) in [5.74, 6) is 0.0798. The number of anilines is 1. The van der Waals surface area contributed by atoms with Crippen LogP contribution >= 0.6 is 0 Å². The highest BCUT2D eigenvalue weighted by Gasteiger charge is 1.94. The molecule has 12 heavy (non-hydrogen) atoms. The number of benzene rings is 1. The molecule has 0 heterocycles. The molecule has 0 aromatic heterocycles. The van der Waals surface area contributed by atoms with Crippen molar-refractivity contribution in [2.45, 2.75) is 0 Å². The molecule has 4 N–H and O–H groups in total. The molecule has 3 nitrogen and oxygen atoms in total. The Balaban J connectivity index is 2.89. The first kappa shape index (κ1) is 8.62. The minimum absolute atomic E-state index is 0.000775. The van der Waals surface area contributed by atoms with Crippen molar-refractivity contribution in [3.05, 3.63) is 29.8 Å². The van der Waals surface area contributed by atoms with Crippen molar-refractivity contribution in [3.8, 4) is 5.75 Å². The first-order chi connectivity index (χ1) is 5.74. The van der Waals surface area contributed by atoms with Gasteiger partial charge in [-0.3, -0.25) is 0 Å². The van der Waals surface area contributed by atoms with Crippen molar-refractivity contribution in [3.63, 3.8) is 0 Å². The summed E-state index contributed by atoms with van der Waals surface area (Å²) >= 11 is 0. The number of nitrogens with two attached hydrogens (primary N) is 1. The van der Waals surface area contributed by atoms with Crippen molar-refractivity contribution < 1.29 is 10.2 Å². The fourth-order valence-electron chi connectivity index (χ4n) is 0.865. The third kappa shape index (κ3) is 2.00. The third-order valence-corrected chi connectivity index (χ3v) is 1.47. The Morgan fingerprint density at radius 1 is 1.42 bits per heavy atom. The molecule has 0 atom stereocenters. The Labute approximate surface area is 70.8 Å². The maximum Gasteiger partial charge on any atom is 0.138 e. The van der Waals surface area contributed by atoms with E-state index >= 15 is 0 Å². The normalized spacial score (nSPS) is 10.8. The van der Waals surface area contributed by atoms with Crippen LogP contribution in [0.25, 0.3) is 6.08 Å². The smallest absolute Gasteiger partial charge is 0.138 e. The summed E-state index contributed by atoms with van der Waals surface area (Å²) in [4.78, 5) is 0. The van der Waals surface area contributed by atoms with Gasteiger partial charge >= 0.3 is 0 Å². The molecule has 0 saturated carbocycles. The monoisotopic (exact) mass is 165 g/mol. The predicted molar refractivity (Wildman–Crippen MR) is 48.6 cm³/mol. The summed E-state index contributed by atoms with van der Waals surface area (Å²) in [7, 11) is 0. The molecule has 0 radical (unpaired) electrons. The molecule has 0 saturated heterocycles. The van der Waals surface area contributed by atoms with Crippen LogP contribution in [0.15, 0.2) is 24.3 Å². The average Bonchev–Trinajstić information content (AvgIpc) is 2.07. The van der Waals surface area contributed by atoms with E-state index in [2.05, 4.69) is 0 Å². The van der Waals surface area contributed by atoms with E-state index < -0.39 is 0 Å². The molecule has 64 valence electrons. The van der Waals surface area contributed by atoms with Gasteiger partial charge in [-0.05, 0) is 17.7 Å². The minimum atomic E-state index is 0.000775. The molecular formula is C9H11NO2. The lowest BCUT2D eigenvalue weighted by Gasteiger charge is -1.98. The maximum absolute atomic E-state index is 9.07. The molecule has 0 bridgehead atoms. The van der Waals surface area contributed by atoms with Gasteiger partial charge in [-0.2, -0.15) is 0 Å². The summed E-state index contributed by atoms with van der Waals surface area (Å²) in [6.07, 6.45) is 3.33. The molecule has 1 aromatic carbocycles. The van der Waals surface area contributed by atoms with Gasteiger partial charge in [0.15, 0.2) is 0 Å².